The fraction of sp³-hybridized carbons (Fsp3) is 0.375. The van der Waals surface area contributed by atoms with E-state index in [1.165, 1.54) is 18.2 Å². The summed E-state index contributed by atoms with van der Waals surface area (Å²) < 4.78 is 44.4. The number of para-hydroxylation sites is 1. The maximum absolute atomic E-state index is 12.6. The summed E-state index contributed by atoms with van der Waals surface area (Å²) in [5.41, 5.74) is -2.41. The second-order valence-electron chi connectivity index (χ2n) is 9.76. The van der Waals surface area contributed by atoms with Gasteiger partial charge in [-0.3, -0.25) is 9.78 Å². The monoisotopic (exact) mass is 611 g/mol. The van der Waals surface area contributed by atoms with Crippen LogP contribution >= 0.6 is 23.2 Å². The Morgan fingerprint density at radius 3 is 2.48 bits per heavy atom. The third kappa shape index (κ3) is 4.31. The SMILES string of the molecule is NS(=O)(=O)c1ccccc1N1C2CCC1(Oc1c(Cl)cc(-n3ncc(=O)[nH]c3=O)cc1Cl)CC1(OCCO1)C2O. The number of nitrogens with two attached hydrogens (primary N) is 1. The number of H-pyrrole nitrogens is 1. The van der Waals surface area contributed by atoms with E-state index in [9.17, 15) is 23.1 Å². The normalized spacial score (nSPS) is 25.4. The van der Waals surface area contributed by atoms with Crippen LogP contribution in [0.3, 0.4) is 0 Å². The minimum absolute atomic E-state index is 0.00772. The molecule has 2 bridgehead atoms. The smallest absolute Gasteiger partial charge is 0.349 e. The maximum atomic E-state index is 12.6. The first-order valence-electron chi connectivity index (χ1n) is 12.2. The van der Waals surface area contributed by atoms with E-state index in [1.54, 1.807) is 23.1 Å². The minimum atomic E-state index is -4.16. The number of fused-ring (bicyclic) bond motifs is 2. The number of aliphatic hydroxyl groups excluding tert-OH is 1. The molecule has 4 heterocycles. The summed E-state index contributed by atoms with van der Waals surface area (Å²) in [6.45, 7) is 0.509. The average molecular weight is 612 g/mol. The zero-order valence-corrected chi connectivity index (χ0v) is 22.9. The van der Waals surface area contributed by atoms with Gasteiger partial charge in [0.2, 0.25) is 15.8 Å². The molecule has 4 N–H and O–H groups in total. The van der Waals surface area contributed by atoms with Gasteiger partial charge in [0.05, 0.1) is 47.1 Å². The predicted molar refractivity (Wildman–Crippen MR) is 142 cm³/mol. The molecule has 3 unspecified atom stereocenters. The summed E-state index contributed by atoms with van der Waals surface area (Å²) in [7, 11) is -4.16. The van der Waals surface area contributed by atoms with Crippen molar-refractivity contribution in [3.63, 3.8) is 0 Å². The molecule has 212 valence electrons. The standard InChI is InChI=1S/C24H23Cl2N5O8S/c25-14-9-13(31-22(34)29-19(32)11-28-31)10-15(26)20(14)39-23-6-5-17(21(33)24(12-23)37-7-8-38-24)30(23)16-3-1-2-4-18(16)40(27,35)36/h1-4,9-11,17,21,33H,5-8,12H2,(H2,27,35,36)(H,29,32,34). The molecule has 0 saturated carbocycles. The molecule has 3 aliphatic heterocycles. The van der Waals surface area contributed by atoms with Gasteiger partial charge in [0.15, 0.2) is 11.5 Å². The number of rotatable bonds is 5. The number of benzene rings is 2. The van der Waals surface area contributed by atoms with Gasteiger partial charge in [-0.2, -0.15) is 9.78 Å². The van der Waals surface area contributed by atoms with E-state index >= 15 is 0 Å². The Morgan fingerprint density at radius 1 is 1.15 bits per heavy atom. The number of aromatic amines is 1. The third-order valence-corrected chi connectivity index (χ3v) is 8.90. The van der Waals surface area contributed by atoms with Crippen LogP contribution in [-0.4, -0.2) is 65.2 Å². The molecule has 2 aromatic carbocycles. The van der Waals surface area contributed by atoms with Crippen molar-refractivity contribution < 1.29 is 27.7 Å². The second kappa shape index (κ2) is 9.55. The van der Waals surface area contributed by atoms with Crippen LogP contribution in [0.15, 0.2) is 57.1 Å². The van der Waals surface area contributed by atoms with Crippen molar-refractivity contribution in [3.05, 3.63) is 73.5 Å². The number of ether oxygens (including phenoxy) is 3. The lowest BCUT2D eigenvalue weighted by molar-refractivity contribution is -0.257. The number of nitrogens with zero attached hydrogens (tertiary/aromatic N) is 3. The first-order valence-corrected chi connectivity index (χ1v) is 14.5. The summed E-state index contributed by atoms with van der Waals surface area (Å²) in [5, 5.41) is 20.8. The fourth-order valence-corrected chi connectivity index (χ4v) is 7.13. The molecule has 6 rings (SSSR count). The number of hydrogen-bond acceptors (Lipinski definition) is 10. The van der Waals surface area contributed by atoms with E-state index in [2.05, 4.69) is 10.1 Å². The number of piperidine rings is 1. The topological polar surface area (TPSA) is 179 Å². The minimum Gasteiger partial charge on any atom is -0.465 e. The molecule has 3 aromatic rings. The van der Waals surface area contributed by atoms with Crippen LogP contribution in [0.1, 0.15) is 19.3 Å². The Balaban J connectivity index is 1.48. The van der Waals surface area contributed by atoms with Gasteiger partial charge in [-0.15, -0.1) is 0 Å². The van der Waals surface area contributed by atoms with Crippen LogP contribution in [0.25, 0.3) is 5.69 Å². The van der Waals surface area contributed by atoms with Crippen molar-refractivity contribution in [3.8, 4) is 11.4 Å². The van der Waals surface area contributed by atoms with Crippen molar-refractivity contribution in [1.82, 2.24) is 14.8 Å². The molecule has 0 aliphatic carbocycles. The van der Waals surface area contributed by atoms with Gasteiger partial charge >= 0.3 is 5.69 Å². The summed E-state index contributed by atoms with van der Waals surface area (Å²) in [4.78, 5) is 27.3. The molecule has 13 nitrogen and oxygen atoms in total. The highest BCUT2D eigenvalue weighted by molar-refractivity contribution is 7.89. The molecule has 3 aliphatic rings. The Labute approximate surface area is 237 Å². The number of anilines is 1. The second-order valence-corrected chi connectivity index (χ2v) is 12.1. The van der Waals surface area contributed by atoms with Crippen LogP contribution in [0.2, 0.25) is 10.0 Å². The highest BCUT2D eigenvalue weighted by Crippen LogP contribution is 2.55. The molecular formula is C24H23Cl2N5O8S. The van der Waals surface area contributed by atoms with E-state index in [-0.39, 0.29) is 51.7 Å². The van der Waals surface area contributed by atoms with Crippen molar-refractivity contribution in [1.29, 1.82) is 0 Å². The van der Waals surface area contributed by atoms with E-state index in [4.69, 9.17) is 42.6 Å². The van der Waals surface area contributed by atoms with Crippen LogP contribution in [0, 0.1) is 0 Å². The van der Waals surface area contributed by atoms with Crippen molar-refractivity contribution in [2.24, 2.45) is 5.14 Å². The fourth-order valence-electron chi connectivity index (χ4n) is 5.85. The molecule has 16 heteroatoms. The number of aromatic nitrogens is 3. The zero-order chi connectivity index (χ0) is 28.4. The van der Waals surface area contributed by atoms with Crippen LogP contribution < -0.4 is 26.0 Å². The number of nitrogens with one attached hydrogen (secondary N) is 1. The van der Waals surface area contributed by atoms with Gasteiger partial charge in [-0.25, -0.2) is 18.4 Å². The van der Waals surface area contributed by atoms with Gasteiger partial charge in [0.1, 0.15) is 17.2 Å². The number of aliphatic hydroxyl groups is 1. The van der Waals surface area contributed by atoms with Crippen LogP contribution in [-0.2, 0) is 19.5 Å². The average Bonchev–Trinajstić information content (AvgIpc) is 3.48. The first-order chi connectivity index (χ1) is 18.9. The lowest BCUT2D eigenvalue weighted by Gasteiger charge is -2.53. The van der Waals surface area contributed by atoms with Gasteiger partial charge in [0.25, 0.3) is 5.56 Å². The van der Waals surface area contributed by atoms with Crippen LogP contribution in [0.4, 0.5) is 5.69 Å². The van der Waals surface area contributed by atoms with E-state index in [0.717, 1.165) is 10.9 Å². The highest BCUT2D eigenvalue weighted by Gasteiger charge is 2.66. The summed E-state index contributed by atoms with van der Waals surface area (Å²) >= 11 is 13.3. The number of primary sulfonamides is 1. The largest absolute Gasteiger partial charge is 0.465 e. The molecule has 3 atom stereocenters. The van der Waals surface area contributed by atoms with Crippen molar-refractivity contribution in [2.75, 3.05) is 18.1 Å². The van der Waals surface area contributed by atoms with Gasteiger partial charge < -0.3 is 24.2 Å². The van der Waals surface area contributed by atoms with E-state index < -0.39 is 44.9 Å². The lowest BCUT2D eigenvalue weighted by Crippen LogP contribution is -2.69. The Bertz CT molecular complexity index is 1700. The summed E-state index contributed by atoms with van der Waals surface area (Å²) in [5.74, 6) is -1.37. The van der Waals surface area contributed by atoms with Gasteiger partial charge in [-0.05, 0) is 30.7 Å². The molecule has 0 amide bonds. The highest BCUT2D eigenvalue weighted by atomic mass is 35.5. The Morgan fingerprint density at radius 2 is 1.82 bits per heavy atom. The van der Waals surface area contributed by atoms with E-state index in [1.807, 2.05) is 0 Å². The third-order valence-electron chi connectivity index (χ3n) is 7.38. The quantitative estimate of drug-likeness (QED) is 0.378. The molecule has 3 fully saturated rings. The number of sulfonamides is 1. The van der Waals surface area contributed by atoms with E-state index in [0.29, 0.717) is 12.8 Å². The lowest BCUT2D eigenvalue weighted by atomic mass is 9.89. The first kappa shape index (κ1) is 27.2. The molecule has 1 spiro atoms. The number of hydrogen-bond donors (Lipinski definition) is 3. The van der Waals surface area contributed by atoms with Gasteiger partial charge in [-0.1, -0.05) is 35.3 Å². The zero-order valence-electron chi connectivity index (χ0n) is 20.6. The summed E-state index contributed by atoms with van der Waals surface area (Å²) in [6, 6.07) is 8.26. The molecule has 40 heavy (non-hydrogen) atoms. The van der Waals surface area contributed by atoms with Crippen molar-refractivity contribution >= 4 is 38.9 Å². The number of halogens is 2. The van der Waals surface area contributed by atoms with Crippen molar-refractivity contribution in [2.45, 2.75) is 47.8 Å². The predicted octanol–water partition coefficient (Wildman–Crippen LogP) is 1.13. The van der Waals surface area contributed by atoms with Gasteiger partial charge in [0, 0.05) is 6.42 Å². The van der Waals surface area contributed by atoms with Crippen LogP contribution in [0.5, 0.6) is 5.75 Å². The Hall–Kier alpha value is -2.98. The molecular weight excluding hydrogens is 589 g/mol. The molecule has 0 radical (unpaired) electrons. The Kier molecular flexibility index (Phi) is 6.49. The summed E-state index contributed by atoms with van der Waals surface area (Å²) in [6.07, 6.45) is 0.469. The molecule has 3 saturated heterocycles. The maximum Gasteiger partial charge on any atom is 0.349 e. The molecule has 1 aromatic heterocycles.